The van der Waals surface area contributed by atoms with Crippen LogP contribution in [0.15, 0.2) is 45.7 Å². The van der Waals surface area contributed by atoms with Gasteiger partial charge in [0.15, 0.2) is 0 Å². The number of benzene rings is 1. The Labute approximate surface area is 113 Å². The predicted octanol–water partition coefficient (Wildman–Crippen LogP) is 2.84. The number of halogens is 1. The molecule has 1 aromatic heterocycles. The maximum absolute atomic E-state index is 11.8. The van der Waals surface area contributed by atoms with Gasteiger partial charge in [-0.05, 0) is 46.6 Å². The lowest BCUT2D eigenvalue weighted by molar-refractivity contribution is 0.725. The van der Waals surface area contributed by atoms with Crippen LogP contribution in [-0.2, 0) is 6.54 Å². The highest BCUT2D eigenvalue weighted by Gasteiger charge is 2.05. The second kappa shape index (κ2) is 5.19. The van der Waals surface area contributed by atoms with Gasteiger partial charge in [-0.3, -0.25) is 4.79 Å². The molecule has 0 saturated carbocycles. The molecule has 0 aliphatic rings. The number of aromatic nitrogens is 1. The molecule has 0 saturated heterocycles. The van der Waals surface area contributed by atoms with Crippen LogP contribution in [0.2, 0.25) is 0 Å². The van der Waals surface area contributed by atoms with Crippen molar-refractivity contribution in [2.75, 3.05) is 0 Å². The minimum Gasteiger partial charge on any atom is -0.307 e. The largest absolute Gasteiger partial charge is 0.307 e. The van der Waals surface area contributed by atoms with Crippen molar-refractivity contribution in [1.82, 2.24) is 4.57 Å². The molecule has 3 nitrogen and oxygen atoms in total. The van der Waals surface area contributed by atoms with Gasteiger partial charge in [0.05, 0.1) is 18.2 Å². The van der Waals surface area contributed by atoms with Crippen LogP contribution in [0.4, 0.5) is 0 Å². The van der Waals surface area contributed by atoms with E-state index < -0.39 is 0 Å². The third-order valence-electron chi connectivity index (χ3n) is 2.79. The highest BCUT2D eigenvalue weighted by atomic mass is 79.9. The van der Waals surface area contributed by atoms with Crippen molar-refractivity contribution < 1.29 is 0 Å². The Bertz CT molecular complexity index is 683. The summed E-state index contributed by atoms with van der Waals surface area (Å²) < 4.78 is 2.58. The molecule has 2 rings (SSSR count). The zero-order valence-electron chi connectivity index (χ0n) is 9.85. The monoisotopic (exact) mass is 302 g/mol. The third kappa shape index (κ3) is 2.52. The van der Waals surface area contributed by atoms with Crippen molar-refractivity contribution in [2.24, 2.45) is 0 Å². The van der Waals surface area contributed by atoms with E-state index in [4.69, 9.17) is 5.26 Å². The molecule has 0 atom stereocenters. The first-order chi connectivity index (χ1) is 8.61. The van der Waals surface area contributed by atoms with E-state index >= 15 is 0 Å². The molecule has 0 fully saturated rings. The van der Waals surface area contributed by atoms with Gasteiger partial charge in [0.1, 0.15) is 0 Å². The summed E-state index contributed by atoms with van der Waals surface area (Å²) in [5, 5.41) is 8.86. The van der Waals surface area contributed by atoms with Crippen molar-refractivity contribution in [1.29, 1.82) is 5.26 Å². The summed E-state index contributed by atoms with van der Waals surface area (Å²) in [6, 6.07) is 12.7. The summed E-state index contributed by atoms with van der Waals surface area (Å²) in [6.45, 7) is 2.36. The number of hydrogen-bond acceptors (Lipinski definition) is 2. The topological polar surface area (TPSA) is 45.8 Å². The number of nitrogens with zero attached hydrogens (tertiary/aromatic N) is 2. The zero-order chi connectivity index (χ0) is 13.1. The normalized spacial score (nSPS) is 10.1. The molecule has 18 heavy (non-hydrogen) atoms. The molecule has 2 aromatic rings. The maximum Gasteiger partial charge on any atom is 0.251 e. The second-order valence-electron chi connectivity index (χ2n) is 4.00. The molecule has 1 aromatic carbocycles. The van der Waals surface area contributed by atoms with Crippen LogP contribution in [-0.4, -0.2) is 4.57 Å². The molecular formula is C14H11BrN2O. The summed E-state index contributed by atoms with van der Waals surface area (Å²) in [5.74, 6) is 0. The quantitative estimate of drug-likeness (QED) is 0.856. The fourth-order valence-corrected chi connectivity index (χ4v) is 2.11. The van der Waals surface area contributed by atoms with Crippen LogP contribution in [0.25, 0.3) is 0 Å². The summed E-state index contributed by atoms with van der Waals surface area (Å²) in [5.41, 5.74) is 2.38. The molecule has 0 N–H and O–H groups in total. The first-order valence-corrected chi connectivity index (χ1v) is 6.26. The third-order valence-corrected chi connectivity index (χ3v) is 3.62. The fraction of sp³-hybridized carbons (Fsp3) is 0.143. The van der Waals surface area contributed by atoms with E-state index in [1.54, 1.807) is 22.8 Å². The zero-order valence-corrected chi connectivity index (χ0v) is 11.4. The molecule has 1 heterocycles. The number of nitriles is 1. The van der Waals surface area contributed by atoms with Gasteiger partial charge in [-0.1, -0.05) is 12.1 Å². The summed E-state index contributed by atoms with van der Waals surface area (Å²) >= 11 is 3.41. The molecule has 0 bridgehead atoms. The van der Waals surface area contributed by atoms with E-state index in [9.17, 15) is 4.79 Å². The van der Waals surface area contributed by atoms with Crippen LogP contribution >= 0.6 is 15.9 Å². The van der Waals surface area contributed by atoms with Crippen LogP contribution in [0, 0.1) is 18.3 Å². The van der Waals surface area contributed by atoms with Gasteiger partial charge < -0.3 is 4.57 Å². The fourth-order valence-electron chi connectivity index (χ4n) is 1.77. The van der Waals surface area contributed by atoms with Gasteiger partial charge in [-0.25, -0.2) is 0 Å². The second-order valence-corrected chi connectivity index (χ2v) is 4.86. The number of rotatable bonds is 2. The SMILES string of the molecule is Cc1c(Br)ccc(=O)n1Cc1cccc(C#N)c1. The van der Waals surface area contributed by atoms with Gasteiger partial charge >= 0.3 is 0 Å². The Morgan fingerprint density at radius 3 is 2.83 bits per heavy atom. The standard InChI is InChI=1S/C14H11BrN2O/c1-10-13(15)5-6-14(18)17(10)9-12-4-2-3-11(7-12)8-16/h2-7H,9H2,1H3. The molecular weight excluding hydrogens is 292 g/mol. The summed E-state index contributed by atoms with van der Waals surface area (Å²) in [6.07, 6.45) is 0. The van der Waals surface area contributed by atoms with Crippen molar-refractivity contribution >= 4 is 15.9 Å². The Morgan fingerprint density at radius 2 is 2.11 bits per heavy atom. The number of pyridine rings is 1. The molecule has 0 aliphatic heterocycles. The molecule has 90 valence electrons. The lowest BCUT2D eigenvalue weighted by atomic mass is 10.1. The van der Waals surface area contributed by atoms with Crippen molar-refractivity contribution in [3.8, 4) is 6.07 Å². The molecule has 0 amide bonds. The highest BCUT2D eigenvalue weighted by Crippen LogP contribution is 2.14. The molecule has 0 radical (unpaired) electrons. The van der Waals surface area contributed by atoms with Crippen LogP contribution in [0.5, 0.6) is 0 Å². The number of hydrogen-bond donors (Lipinski definition) is 0. The van der Waals surface area contributed by atoms with Gasteiger partial charge in [0.2, 0.25) is 0 Å². The Hall–Kier alpha value is -1.86. The predicted molar refractivity (Wildman–Crippen MR) is 73.4 cm³/mol. The summed E-state index contributed by atoms with van der Waals surface area (Å²) in [4.78, 5) is 11.8. The average molecular weight is 303 g/mol. The molecule has 0 aliphatic carbocycles. The van der Waals surface area contributed by atoms with Gasteiger partial charge in [-0.15, -0.1) is 0 Å². The molecule has 0 spiro atoms. The molecule has 0 unspecified atom stereocenters. The minimum absolute atomic E-state index is 0.0435. The van der Waals surface area contributed by atoms with Crippen LogP contribution in [0.1, 0.15) is 16.8 Å². The van der Waals surface area contributed by atoms with E-state index in [2.05, 4.69) is 22.0 Å². The maximum atomic E-state index is 11.8. The summed E-state index contributed by atoms with van der Waals surface area (Å²) in [7, 11) is 0. The van der Waals surface area contributed by atoms with Gasteiger partial charge in [0, 0.05) is 16.2 Å². The lowest BCUT2D eigenvalue weighted by Crippen LogP contribution is -2.22. The van der Waals surface area contributed by atoms with E-state index in [1.807, 2.05) is 19.1 Å². The van der Waals surface area contributed by atoms with Gasteiger partial charge in [-0.2, -0.15) is 5.26 Å². The Morgan fingerprint density at radius 1 is 1.33 bits per heavy atom. The lowest BCUT2D eigenvalue weighted by Gasteiger charge is -2.11. The first kappa shape index (κ1) is 12.6. The van der Waals surface area contributed by atoms with Crippen molar-refractivity contribution in [3.05, 3.63) is 68.0 Å². The Kier molecular flexibility index (Phi) is 3.63. The smallest absolute Gasteiger partial charge is 0.251 e. The van der Waals surface area contributed by atoms with E-state index in [0.29, 0.717) is 12.1 Å². The van der Waals surface area contributed by atoms with E-state index in [-0.39, 0.29) is 5.56 Å². The van der Waals surface area contributed by atoms with Crippen LogP contribution < -0.4 is 5.56 Å². The first-order valence-electron chi connectivity index (χ1n) is 5.47. The van der Waals surface area contributed by atoms with Gasteiger partial charge in [0.25, 0.3) is 5.56 Å². The highest BCUT2D eigenvalue weighted by molar-refractivity contribution is 9.10. The van der Waals surface area contributed by atoms with Crippen molar-refractivity contribution in [3.63, 3.8) is 0 Å². The average Bonchev–Trinajstić information content (AvgIpc) is 2.39. The van der Waals surface area contributed by atoms with Crippen molar-refractivity contribution in [2.45, 2.75) is 13.5 Å². The molecule has 4 heteroatoms. The van der Waals surface area contributed by atoms with E-state index in [1.165, 1.54) is 6.07 Å². The minimum atomic E-state index is -0.0435. The van der Waals surface area contributed by atoms with E-state index in [0.717, 1.165) is 15.7 Å². The van der Waals surface area contributed by atoms with Crippen LogP contribution in [0.3, 0.4) is 0 Å². The Balaban J connectivity index is 2.43.